The Hall–Kier alpha value is -4.19. The maximum atomic E-state index is 12.7. The van der Waals surface area contributed by atoms with Crippen LogP contribution in [0.5, 0.6) is 0 Å². The van der Waals surface area contributed by atoms with E-state index in [2.05, 4.69) is 69.4 Å². The second kappa shape index (κ2) is 45.5. The molecule has 0 amide bonds. The van der Waals surface area contributed by atoms with Gasteiger partial charge in [0, 0.05) is 19.3 Å². The van der Waals surface area contributed by atoms with Gasteiger partial charge in [0.15, 0.2) is 6.10 Å². The van der Waals surface area contributed by atoms with Crippen molar-refractivity contribution in [2.75, 3.05) is 13.2 Å². The van der Waals surface area contributed by atoms with E-state index in [-0.39, 0.29) is 37.5 Å². The molecular weight excluding hydrogens is 721 g/mol. The predicted molar refractivity (Wildman–Crippen MR) is 246 cm³/mol. The molecule has 0 rings (SSSR count). The molecule has 0 saturated heterocycles. The fraction of sp³-hybridized carbons (Fsp3) is 0.558. The highest BCUT2D eigenvalue weighted by molar-refractivity contribution is 5.71. The zero-order chi connectivity index (χ0) is 42.3. The summed E-state index contributed by atoms with van der Waals surface area (Å²) in [5.41, 5.74) is 0. The summed E-state index contributed by atoms with van der Waals surface area (Å²) in [4.78, 5) is 37.8. The van der Waals surface area contributed by atoms with Crippen molar-refractivity contribution >= 4 is 17.9 Å². The first-order valence-electron chi connectivity index (χ1n) is 22.6. The van der Waals surface area contributed by atoms with E-state index < -0.39 is 6.10 Å². The maximum Gasteiger partial charge on any atom is 0.306 e. The topological polar surface area (TPSA) is 78.9 Å². The van der Waals surface area contributed by atoms with E-state index in [0.717, 1.165) is 96.3 Å². The number of carbonyl (C=O) groups excluding carboxylic acids is 3. The van der Waals surface area contributed by atoms with Crippen LogP contribution in [-0.4, -0.2) is 37.2 Å². The lowest BCUT2D eigenvalue weighted by Crippen LogP contribution is -2.30. The minimum absolute atomic E-state index is 0.115. The molecule has 0 bridgehead atoms. The zero-order valence-electron chi connectivity index (χ0n) is 36.8. The van der Waals surface area contributed by atoms with Crippen molar-refractivity contribution in [2.45, 2.75) is 175 Å². The molecule has 1 atom stereocenters. The van der Waals surface area contributed by atoms with Crippen molar-refractivity contribution in [2.24, 2.45) is 0 Å². The number of allylic oxidation sites excluding steroid dienone is 20. The summed E-state index contributed by atoms with van der Waals surface area (Å²) in [5.74, 6) is -1.02. The summed E-state index contributed by atoms with van der Waals surface area (Å²) >= 11 is 0. The van der Waals surface area contributed by atoms with Crippen molar-refractivity contribution in [3.05, 3.63) is 122 Å². The number of rotatable bonds is 38. The molecular formula is C52H80O6. The van der Waals surface area contributed by atoms with Crippen LogP contribution in [0, 0.1) is 0 Å². The van der Waals surface area contributed by atoms with Crippen LogP contribution < -0.4 is 0 Å². The van der Waals surface area contributed by atoms with Crippen molar-refractivity contribution < 1.29 is 28.6 Å². The molecule has 1 unspecified atom stereocenters. The third kappa shape index (κ3) is 42.9. The Kier molecular flexibility index (Phi) is 42.2. The monoisotopic (exact) mass is 801 g/mol. The molecule has 0 spiro atoms. The lowest BCUT2D eigenvalue weighted by atomic mass is 10.1. The number of unbranched alkanes of at least 4 members (excludes halogenated alkanes) is 13. The number of ether oxygens (including phenoxy) is 3. The van der Waals surface area contributed by atoms with Crippen LogP contribution in [0.15, 0.2) is 122 Å². The molecule has 0 radical (unpaired) electrons. The number of carbonyl (C=O) groups is 3. The molecule has 0 aromatic rings. The quantitative estimate of drug-likeness (QED) is 0.0203. The molecule has 0 aliphatic carbocycles. The van der Waals surface area contributed by atoms with E-state index in [1.54, 1.807) is 0 Å². The highest BCUT2D eigenvalue weighted by Gasteiger charge is 2.19. The van der Waals surface area contributed by atoms with Crippen LogP contribution in [0.3, 0.4) is 0 Å². The van der Waals surface area contributed by atoms with Crippen LogP contribution in [0.4, 0.5) is 0 Å². The zero-order valence-corrected chi connectivity index (χ0v) is 36.8. The van der Waals surface area contributed by atoms with Gasteiger partial charge >= 0.3 is 17.9 Å². The summed E-state index contributed by atoms with van der Waals surface area (Å²) in [7, 11) is 0. The molecule has 0 saturated carbocycles. The highest BCUT2D eigenvalue weighted by atomic mass is 16.6. The summed E-state index contributed by atoms with van der Waals surface area (Å²) in [6, 6.07) is 0. The second-order valence-electron chi connectivity index (χ2n) is 14.3. The van der Waals surface area contributed by atoms with Gasteiger partial charge in [0.2, 0.25) is 0 Å². The third-order valence-electron chi connectivity index (χ3n) is 8.88. The smallest absolute Gasteiger partial charge is 0.306 e. The average molecular weight is 801 g/mol. The Labute approximate surface area is 354 Å². The van der Waals surface area contributed by atoms with Gasteiger partial charge in [-0.15, -0.1) is 0 Å². The molecule has 0 heterocycles. The lowest BCUT2D eigenvalue weighted by molar-refractivity contribution is -0.167. The van der Waals surface area contributed by atoms with E-state index in [1.807, 2.05) is 72.9 Å². The standard InChI is InChI=1S/C52H80O6/c1-4-7-10-13-16-19-22-25-28-30-33-36-39-42-45-51(54)57-48-49(58-52(55)46-43-40-37-34-31-27-24-21-18-15-12-9-6-3)47-56-50(53)44-41-38-35-32-29-26-23-20-17-14-11-8-5-2/h7-12,14-21,23-24,26-27,29,31,49H,4-6,13,22,25,28,30,32-48H2,1-3H3/b10-7+,11-8+,12-9+,17-14+,18-15+,19-16+,23-20+,24-21+,29-26+,31-27+. The molecule has 6 heteroatoms. The van der Waals surface area contributed by atoms with E-state index >= 15 is 0 Å². The second-order valence-corrected chi connectivity index (χ2v) is 14.3. The fourth-order valence-corrected chi connectivity index (χ4v) is 5.56. The van der Waals surface area contributed by atoms with Crippen LogP contribution >= 0.6 is 0 Å². The Morgan fingerprint density at radius 2 is 0.707 bits per heavy atom. The highest BCUT2D eigenvalue weighted by Crippen LogP contribution is 2.12. The van der Waals surface area contributed by atoms with Crippen molar-refractivity contribution in [1.29, 1.82) is 0 Å². The number of hydrogen-bond acceptors (Lipinski definition) is 6. The Bertz CT molecular complexity index is 1290. The van der Waals surface area contributed by atoms with Crippen LogP contribution in [0.1, 0.15) is 168 Å². The molecule has 0 aromatic carbocycles. The molecule has 0 aromatic heterocycles. The normalized spacial score (nSPS) is 13.2. The van der Waals surface area contributed by atoms with E-state index in [9.17, 15) is 14.4 Å². The molecule has 0 aliphatic rings. The van der Waals surface area contributed by atoms with Gasteiger partial charge in [-0.1, -0.05) is 187 Å². The third-order valence-corrected chi connectivity index (χ3v) is 8.88. The molecule has 0 aliphatic heterocycles. The summed E-state index contributed by atoms with van der Waals surface area (Å²) in [6.07, 6.45) is 61.8. The summed E-state index contributed by atoms with van der Waals surface area (Å²) in [6.45, 7) is 6.14. The first-order valence-corrected chi connectivity index (χ1v) is 22.6. The molecule has 6 nitrogen and oxygen atoms in total. The summed E-state index contributed by atoms with van der Waals surface area (Å²) < 4.78 is 16.6. The van der Waals surface area contributed by atoms with E-state index in [1.165, 1.54) is 25.7 Å². The van der Waals surface area contributed by atoms with Gasteiger partial charge in [-0.3, -0.25) is 14.4 Å². The minimum atomic E-state index is -0.819. The van der Waals surface area contributed by atoms with Crippen molar-refractivity contribution in [1.82, 2.24) is 0 Å². The SMILES string of the molecule is CC/C=C/C=C/C=C/C=C/CCCCCC(=O)OCC(COC(=O)CCCCCCCCC/C=C/C/C=C/CC)OC(=O)CCCCC/C=C/C=C/C=C/C=C/CC. The van der Waals surface area contributed by atoms with Crippen molar-refractivity contribution in [3.63, 3.8) is 0 Å². The molecule has 324 valence electrons. The largest absolute Gasteiger partial charge is 0.462 e. The van der Waals surface area contributed by atoms with Gasteiger partial charge < -0.3 is 14.2 Å². The minimum Gasteiger partial charge on any atom is -0.462 e. The van der Waals surface area contributed by atoms with Gasteiger partial charge in [-0.2, -0.15) is 0 Å². The number of hydrogen-bond donors (Lipinski definition) is 0. The maximum absolute atomic E-state index is 12.7. The van der Waals surface area contributed by atoms with E-state index in [4.69, 9.17) is 14.2 Å². The van der Waals surface area contributed by atoms with Crippen LogP contribution in [0.2, 0.25) is 0 Å². The Morgan fingerprint density at radius 1 is 0.362 bits per heavy atom. The van der Waals surface area contributed by atoms with Gasteiger partial charge in [-0.25, -0.2) is 0 Å². The van der Waals surface area contributed by atoms with Gasteiger partial charge in [0.25, 0.3) is 0 Å². The molecule has 0 fully saturated rings. The number of esters is 3. The van der Waals surface area contributed by atoms with Gasteiger partial charge in [0.1, 0.15) is 13.2 Å². The van der Waals surface area contributed by atoms with Crippen LogP contribution in [0.25, 0.3) is 0 Å². The Balaban J connectivity index is 4.55. The Morgan fingerprint density at radius 3 is 1.17 bits per heavy atom. The van der Waals surface area contributed by atoms with Gasteiger partial charge in [0.05, 0.1) is 0 Å². The average Bonchev–Trinajstić information content (AvgIpc) is 3.22. The summed E-state index contributed by atoms with van der Waals surface area (Å²) in [5, 5.41) is 0. The molecule has 58 heavy (non-hydrogen) atoms. The first-order chi connectivity index (χ1) is 28.5. The fourth-order valence-electron chi connectivity index (χ4n) is 5.56. The van der Waals surface area contributed by atoms with E-state index in [0.29, 0.717) is 19.3 Å². The molecule has 0 N–H and O–H groups in total. The van der Waals surface area contributed by atoms with Gasteiger partial charge in [-0.05, 0) is 83.5 Å². The lowest BCUT2D eigenvalue weighted by Gasteiger charge is -2.18. The first kappa shape index (κ1) is 53.8. The predicted octanol–water partition coefficient (Wildman–Crippen LogP) is 14.6. The van der Waals surface area contributed by atoms with Crippen LogP contribution in [-0.2, 0) is 28.6 Å². The van der Waals surface area contributed by atoms with Crippen molar-refractivity contribution in [3.8, 4) is 0 Å².